The number of esters is 1. The highest BCUT2D eigenvalue weighted by atomic mass is 16.5. The van der Waals surface area contributed by atoms with Gasteiger partial charge in [-0.05, 0) is 43.9 Å². The minimum Gasteiger partial charge on any atom is -0.466 e. The molecular formula is C14H26O2. The lowest BCUT2D eigenvalue weighted by atomic mass is 9.77. The molecule has 2 heteroatoms. The van der Waals surface area contributed by atoms with Gasteiger partial charge in [-0.3, -0.25) is 4.79 Å². The van der Waals surface area contributed by atoms with Crippen LogP contribution < -0.4 is 0 Å². The maximum Gasteiger partial charge on any atom is 0.306 e. The second-order valence-electron chi connectivity index (χ2n) is 5.53. The fourth-order valence-corrected chi connectivity index (χ4v) is 2.79. The highest BCUT2D eigenvalue weighted by Crippen LogP contribution is 2.34. The van der Waals surface area contributed by atoms with Crippen LogP contribution in [0.15, 0.2) is 0 Å². The van der Waals surface area contributed by atoms with E-state index in [1.54, 1.807) is 0 Å². The van der Waals surface area contributed by atoms with E-state index in [1.165, 1.54) is 32.1 Å². The molecule has 0 unspecified atom stereocenters. The molecule has 0 saturated heterocycles. The summed E-state index contributed by atoms with van der Waals surface area (Å²) < 4.78 is 5.00. The van der Waals surface area contributed by atoms with Crippen LogP contribution in [-0.2, 0) is 9.53 Å². The van der Waals surface area contributed by atoms with Gasteiger partial charge in [-0.15, -0.1) is 0 Å². The van der Waals surface area contributed by atoms with Crippen LogP contribution in [-0.4, -0.2) is 12.6 Å². The van der Waals surface area contributed by atoms with Gasteiger partial charge < -0.3 is 4.74 Å². The summed E-state index contributed by atoms with van der Waals surface area (Å²) in [6, 6.07) is 0. The molecular weight excluding hydrogens is 200 g/mol. The fourth-order valence-electron chi connectivity index (χ4n) is 2.79. The number of hydrogen-bond donors (Lipinski definition) is 0. The summed E-state index contributed by atoms with van der Waals surface area (Å²) >= 11 is 0. The average molecular weight is 226 g/mol. The average Bonchev–Trinajstić information content (AvgIpc) is 2.20. The topological polar surface area (TPSA) is 26.3 Å². The van der Waals surface area contributed by atoms with Gasteiger partial charge in [0.05, 0.1) is 6.61 Å². The third-order valence-corrected chi connectivity index (χ3v) is 3.53. The van der Waals surface area contributed by atoms with Gasteiger partial charge in [-0.2, -0.15) is 0 Å². The Morgan fingerprint density at radius 2 is 1.75 bits per heavy atom. The third kappa shape index (κ3) is 5.00. The molecule has 94 valence electrons. The molecule has 0 atom stereocenters. The first-order chi connectivity index (χ1) is 7.61. The highest BCUT2D eigenvalue weighted by Gasteiger charge is 2.23. The van der Waals surface area contributed by atoms with E-state index in [4.69, 9.17) is 4.74 Å². The second-order valence-corrected chi connectivity index (χ2v) is 5.53. The highest BCUT2D eigenvalue weighted by molar-refractivity contribution is 5.69. The molecule has 16 heavy (non-hydrogen) atoms. The van der Waals surface area contributed by atoms with E-state index in [0.717, 1.165) is 11.8 Å². The van der Waals surface area contributed by atoms with E-state index in [2.05, 4.69) is 13.8 Å². The molecule has 0 aliphatic heterocycles. The molecule has 0 aromatic carbocycles. The zero-order chi connectivity index (χ0) is 12.0. The molecule has 1 fully saturated rings. The molecule has 0 heterocycles. The van der Waals surface area contributed by atoms with E-state index in [9.17, 15) is 4.79 Å². The van der Waals surface area contributed by atoms with Gasteiger partial charge in [0.15, 0.2) is 0 Å². The number of hydrogen-bond acceptors (Lipinski definition) is 2. The van der Waals surface area contributed by atoms with Gasteiger partial charge in [0, 0.05) is 6.42 Å². The maximum absolute atomic E-state index is 11.3. The molecule has 0 spiro atoms. The number of ether oxygens (including phenoxy) is 1. The molecule has 0 amide bonds. The molecule has 0 radical (unpaired) electrons. The lowest BCUT2D eigenvalue weighted by Gasteiger charge is -2.28. The Labute approximate surface area is 99.8 Å². The SMILES string of the molecule is CCOC(=O)CC1CCC(CC(C)C)CC1. The second kappa shape index (κ2) is 6.93. The molecule has 1 saturated carbocycles. The lowest BCUT2D eigenvalue weighted by molar-refractivity contribution is -0.144. The number of carbonyl (C=O) groups excluding carboxylic acids is 1. The van der Waals surface area contributed by atoms with Gasteiger partial charge in [-0.1, -0.05) is 26.7 Å². The fraction of sp³-hybridized carbons (Fsp3) is 0.929. The molecule has 1 rings (SSSR count). The predicted molar refractivity (Wildman–Crippen MR) is 66.2 cm³/mol. The minimum atomic E-state index is -0.00481. The molecule has 0 aromatic heterocycles. The minimum absolute atomic E-state index is 0.00481. The van der Waals surface area contributed by atoms with Crippen LogP contribution in [0.1, 0.15) is 59.3 Å². The predicted octanol–water partition coefficient (Wildman–Crippen LogP) is 3.79. The Bertz CT molecular complexity index is 203. The smallest absolute Gasteiger partial charge is 0.306 e. The Hall–Kier alpha value is -0.530. The van der Waals surface area contributed by atoms with Gasteiger partial charge in [0.1, 0.15) is 0 Å². The van der Waals surface area contributed by atoms with E-state index < -0.39 is 0 Å². The molecule has 1 aliphatic rings. The van der Waals surface area contributed by atoms with Crippen LogP contribution in [0.2, 0.25) is 0 Å². The van der Waals surface area contributed by atoms with Gasteiger partial charge in [-0.25, -0.2) is 0 Å². The zero-order valence-corrected chi connectivity index (χ0v) is 11.0. The maximum atomic E-state index is 11.3. The Morgan fingerprint density at radius 3 is 2.25 bits per heavy atom. The van der Waals surface area contributed by atoms with Crippen molar-refractivity contribution in [1.82, 2.24) is 0 Å². The Kier molecular flexibility index (Phi) is 5.86. The van der Waals surface area contributed by atoms with Crippen molar-refractivity contribution in [3.05, 3.63) is 0 Å². The van der Waals surface area contributed by atoms with E-state index in [-0.39, 0.29) is 5.97 Å². The van der Waals surface area contributed by atoms with Gasteiger partial charge in [0.25, 0.3) is 0 Å². The number of rotatable bonds is 5. The first-order valence-corrected chi connectivity index (χ1v) is 6.77. The third-order valence-electron chi connectivity index (χ3n) is 3.53. The molecule has 1 aliphatic carbocycles. The summed E-state index contributed by atoms with van der Waals surface area (Å²) in [6.07, 6.45) is 7.05. The first kappa shape index (κ1) is 13.5. The van der Waals surface area contributed by atoms with E-state index in [0.29, 0.717) is 18.9 Å². The van der Waals surface area contributed by atoms with Crippen molar-refractivity contribution in [3.8, 4) is 0 Å². The summed E-state index contributed by atoms with van der Waals surface area (Å²) in [7, 11) is 0. The van der Waals surface area contributed by atoms with Crippen molar-refractivity contribution in [1.29, 1.82) is 0 Å². The number of carbonyl (C=O) groups is 1. The summed E-state index contributed by atoms with van der Waals surface area (Å²) in [4.78, 5) is 11.3. The van der Waals surface area contributed by atoms with Crippen molar-refractivity contribution >= 4 is 5.97 Å². The summed E-state index contributed by atoms with van der Waals surface area (Å²) in [5.41, 5.74) is 0. The van der Waals surface area contributed by atoms with Crippen LogP contribution in [0, 0.1) is 17.8 Å². The molecule has 0 N–H and O–H groups in total. The molecule has 0 aromatic rings. The van der Waals surface area contributed by atoms with Crippen LogP contribution in [0.3, 0.4) is 0 Å². The summed E-state index contributed by atoms with van der Waals surface area (Å²) in [5, 5.41) is 0. The van der Waals surface area contributed by atoms with Crippen molar-refractivity contribution in [2.75, 3.05) is 6.61 Å². The van der Waals surface area contributed by atoms with Crippen LogP contribution >= 0.6 is 0 Å². The normalized spacial score (nSPS) is 25.8. The summed E-state index contributed by atoms with van der Waals surface area (Å²) in [6.45, 7) is 6.98. The van der Waals surface area contributed by atoms with Crippen LogP contribution in [0.4, 0.5) is 0 Å². The standard InChI is InChI=1S/C14H26O2/c1-4-16-14(15)10-13-7-5-12(6-8-13)9-11(2)3/h11-13H,4-10H2,1-3H3. The van der Waals surface area contributed by atoms with Crippen molar-refractivity contribution < 1.29 is 9.53 Å². The van der Waals surface area contributed by atoms with Crippen LogP contribution in [0.5, 0.6) is 0 Å². The van der Waals surface area contributed by atoms with E-state index in [1.807, 2.05) is 6.92 Å². The lowest BCUT2D eigenvalue weighted by Crippen LogP contribution is -2.19. The van der Waals surface area contributed by atoms with Gasteiger partial charge >= 0.3 is 5.97 Å². The van der Waals surface area contributed by atoms with Gasteiger partial charge in [0.2, 0.25) is 0 Å². The van der Waals surface area contributed by atoms with Crippen LogP contribution in [0.25, 0.3) is 0 Å². The van der Waals surface area contributed by atoms with Crippen molar-refractivity contribution in [3.63, 3.8) is 0 Å². The van der Waals surface area contributed by atoms with Crippen molar-refractivity contribution in [2.45, 2.75) is 59.3 Å². The Balaban J connectivity index is 2.19. The van der Waals surface area contributed by atoms with Crippen molar-refractivity contribution in [2.24, 2.45) is 17.8 Å². The zero-order valence-electron chi connectivity index (χ0n) is 11.0. The van der Waals surface area contributed by atoms with E-state index >= 15 is 0 Å². The monoisotopic (exact) mass is 226 g/mol. The first-order valence-electron chi connectivity index (χ1n) is 6.77. The summed E-state index contributed by atoms with van der Waals surface area (Å²) in [5.74, 6) is 2.29. The quantitative estimate of drug-likeness (QED) is 0.667. The Morgan fingerprint density at radius 1 is 1.19 bits per heavy atom. The largest absolute Gasteiger partial charge is 0.466 e. The molecule has 2 nitrogen and oxygen atoms in total. The molecule has 0 bridgehead atoms.